The number of halogens is 1. The van der Waals surface area contributed by atoms with Crippen LogP contribution in [0.3, 0.4) is 0 Å². The van der Waals surface area contributed by atoms with E-state index in [1.165, 1.54) is 24.3 Å². The van der Waals surface area contributed by atoms with E-state index < -0.39 is 15.8 Å². The van der Waals surface area contributed by atoms with Gasteiger partial charge in [-0.3, -0.25) is 19.4 Å². The van der Waals surface area contributed by atoms with Crippen LogP contribution in [0.1, 0.15) is 15.9 Å². The number of phenolic OH excluding ortho intramolecular Hbond substituents is 1. The van der Waals surface area contributed by atoms with Gasteiger partial charge in [0.1, 0.15) is 16.5 Å². The molecule has 1 aliphatic heterocycles. The number of hydrogen-bond acceptors (Lipinski definition) is 6. The van der Waals surface area contributed by atoms with E-state index in [0.29, 0.717) is 55.1 Å². The lowest BCUT2D eigenvalue weighted by molar-refractivity contribution is 0.0627. The average Bonchev–Trinajstić information content (AvgIpc) is 2.91. The number of aromatic nitrogens is 1. The summed E-state index contributed by atoms with van der Waals surface area (Å²) in [4.78, 5) is 21.1. The van der Waals surface area contributed by atoms with Crippen molar-refractivity contribution in [3.8, 4) is 5.75 Å². The molecule has 2 heterocycles. The van der Waals surface area contributed by atoms with Crippen LogP contribution in [0.2, 0.25) is 0 Å². The second-order valence-electron chi connectivity index (χ2n) is 8.86. The van der Waals surface area contributed by atoms with Crippen molar-refractivity contribution >= 4 is 32.5 Å². The fourth-order valence-corrected chi connectivity index (χ4v) is 5.64. The summed E-state index contributed by atoms with van der Waals surface area (Å²) in [5, 5.41) is 10.7. The summed E-state index contributed by atoms with van der Waals surface area (Å²) in [6.07, 6.45) is 1.55. The Labute approximate surface area is 214 Å². The maximum Gasteiger partial charge on any atom is 0.264 e. The predicted molar refractivity (Wildman–Crippen MR) is 138 cm³/mol. The van der Waals surface area contributed by atoms with Crippen molar-refractivity contribution in [3.05, 3.63) is 95.9 Å². The van der Waals surface area contributed by atoms with Crippen LogP contribution in [-0.2, 0) is 16.6 Å². The third-order valence-corrected chi connectivity index (χ3v) is 7.78. The van der Waals surface area contributed by atoms with Crippen molar-refractivity contribution in [2.75, 3.05) is 30.9 Å². The maximum absolute atomic E-state index is 13.5. The van der Waals surface area contributed by atoms with E-state index in [9.17, 15) is 22.7 Å². The number of nitrogens with one attached hydrogen (secondary N) is 1. The van der Waals surface area contributed by atoms with E-state index in [1.54, 1.807) is 59.6 Å². The molecule has 0 unspecified atom stereocenters. The molecule has 4 aromatic rings. The van der Waals surface area contributed by atoms with Crippen molar-refractivity contribution in [1.29, 1.82) is 0 Å². The minimum atomic E-state index is -3.89. The van der Waals surface area contributed by atoms with Crippen LogP contribution in [-0.4, -0.2) is 60.4 Å². The van der Waals surface area contributed by atoms with Gasteiger partial charge < -0.3 is 10.0 Å². The first-order valence-electron chi connectivity index (χ1n) is 11.8. The Bertz CT molecular complexity index is 1550. The number of hydrogen-bond donors (Lipinski definition) is 2. The molecule has 5 rings (SSSR count). The van der Waals surface area contributed by atoms with Crippen molar-refractivity contribution in [2.45, 2.75) is 11.4 Å². The number of para-hydroxylation sites is 1. The molecular formula is C27H25FN4O4S. The quantitative estimate of drug-likeness (QED) is 0.401. The lowest BCUT2D eigenvalue weighted by atomic mass is 10.1. The lowest BCUT2D eigenvalue weighted by Gasteiger charge is -2.35. The molecule has 0 aliphatic carbocycles. The number of fused-ring (bicyclic) bond motifs is 1. The highest BCUT2D eigenvalue weighted by Gasteiger charge is 2.23. The molecule has 37 heavy (non-hydrogen) atoms. The molecule has 1 saturated heterocycles. The van der Waals surface area contributed by atoms with Crippen LogP contribution in [0, 0.1) is 5.82 Å². The van der Waals surface area contributed by atoms with Gasteiger partial charge in [-0.05, 0) is 54.6 Å². The molecule has 1 fully saturated rings. The van der Waals surface area contributed by atoms with E-state index in [1.807, 2.05) is 0 Å². The number of carbonyl (C=O) groups excluding carboxylic acids is 1. The van der Waals surface area contributed by atoms with Gasteiger partial charge in [-0.2, -0.15) is 0 Å². The normalized spacial score (nSPS) is 14.6. The van der Waals surface area contributed by atoms with E-state index >= 15 is 0 Å². The van der Waals surface area contributed by atoms with Crippen molar-refractivity contribution < 1.29 is 22.7 Å². The molecule has 0 saturated carbocycles. The van der Waals surface area contributed by atoms with Gasteiger partial charge in [-0.25, -0.2) is 12.8 Å². The van der Waals surface area contributed by atoms with Gasteiger partial charge in [0, 0.05) is 61.1 Å². The van der Waals surface area contributed by atoms with Crippen LogP contribution in [0.4, 0.5) is 10.1 Å². The highest BCUT2D eigenvalue weighted by atomic mass is 32.2. The van der Waals surface area contributed by atoms with Crippen LogP contribution < -0.4 is 4.72 Å². The summed E-state index contributed by atoms with van der Waals surface area (Å²) in [5.41, 5.74) is 1.68. The summed E-state index contributed by atoms with van der Waals surface area (Å²) < 4.78 is 42.1. The first-order chi connectivity index (χ1) is 17.8. The van der Waals surface area contributed by atoms with E-state index in [-0.39, 0.29) is 16.6 Å². The Morgan fingerprint density at radius 1 is 0.973 bits per heavy atom. The fourth-order valence-electron chi connectivity index (χ4n) is 4.40. The largest absolute Gasteiger partial charge is 0.508 e. The highest BCUT2D eigenvalue weighted by Crippen LogP contribution is 2.24. The standard InChI is InChI=1S/C27H25FN4O4S/c28-22-8-11-24(33)21(17-22)18-31-13-15-32(16-14-31)27(34)20-6-9-23(10-7-20)30-37(35,36)25-5-1-3-19-4-2-12-29-26(19)25/h1-12,17,30,33H,13-16,18H2. The number of piperazine rings is 1. The molecule has 0 radical (unpaired) electrons. The van der Waals surface area contributed by atoms with E-state index in [0.717, 1.165) is 5.39 Å². The molecule has 0 atom stereocenters. The SMILES string of the molecule is O=C(c1ccc(NS(=O)(=O)c2cccc3cccnc23)cc1)N1CCN(Cc2cc(F)ccc2O)CC1. The molecule has 10 heteroatoms. The first kappa shape index (κ1) is 24.7. The summed E-state index contributed by atoms with van der Waals surface area (Å²) in [7, 11) is -3.89. The molecular weight excluding hydrogens is 495 g/mol. The molecule has 1 amide bonds. The number of pyridine rings is 1. The van der Waals surface area contributed by atoms with Crippen molar-refractivity contribution in [1.82, 2.24) is 14.8 Å². The summed E-state index contributed by atoms with van der Waals surface area (Å²) >= 11 is 0. The molecule has 1 aliphatic rings. The van der Waals surface area contributed by atoms with Crippen molar-refractivity contribution in [3.63, 3.8) is 0 Å². The van der Waals surface area contributed by atoms with Gasteiger partial charge in [0.2, 0.25) is 0 Å². The molecule has 2 N–H and O–H groups in total. The third-order valence-electron chi connectivity index (χ3n) is 6.36. The molecule has 0 bridgehead atoms. The van der Waals surface area contributed by atoms with Crippen LogP contribution in [0.15, 0.2) is 83.9 Å². The number of sulfonamides is 1. The number of anilines is 1. The number of benzene rings is 3. The van der Waals surface area contributed by atoms with Gasteiger partial charge in [-0.1, -0.05) is 18.2 Å². The smallest absolute Gasteiger partial charge is 0.264 e. The van der Waals surface area contributed by atoms with E-state index in [4.69, 9.17) is 0 Å². The topological polar surface area (TPSA) is 103 Å². The Kier molecular flexibility index (Phi) is 6.77. The van der Waals surface area contributed by atoms with Gasteiger partial charge in [-0.15, -0.1) is 0 Å². The van der Waals surface area contributed by atoms with Gasteiger partial charge >= 0.3 is 0 Å². The first-order valence-corrected chi connectivity index (χ1v) is 13.2. The van der Waals surface area contributed by atoms with Crippen LogP contribution >= 0.6 is 0 Å². The number of carbonyl (C=O) groups is 1. The summed E-state index contributed by atoms with van der Waals surface area (Å²) in [6, 6.07) is 18.7. The Hall–Kier alpha value is -4.02. The monoisotopic (exact) mass is 520 g/mol. The van der Waals surface area contributed by atoms with Crippen LogP contribution in [0.25, 0.3) is 10.9 Å². The second kappa shape index (κ2) is 10.2. The number of aromatic hydroxyl groups is 1. The molecule has 3 aromatic carbocycles. The summed E-state index contributed by atoms with van der Waals surface area (Å²) in [5.74, 6) is -0.505. The van der Waals surface area contributed by atoms with Crippen LogP contribution in [0.5, 0.6) is 5.75 Å². The number of nitrogens with zero attached hydrogens (tertiary/aromatic N) is 3. The molecule has 8 nitrogen and oxygen atoms in total. The zero-order valence-electron chi connectivity index (χ0n) is 19.8. The zero-order valence-corrected chi connectivity index (χ0v) is 20.7. The Morgan fingerprint density at radius 2 is 1.70 bits per heavy atom. The Balaban J connectivity index is 1.21. The fraction of sp³-hybridized carbons (Fsp3) is 0.185. The zero-order chi connectivity index (χ0) is 26.0. The predicted octanol–water partition coefficient (Wildman–Crippen LogP) is 3.84. The second-order valence-corrected chi connectivity index (χ2v) is 10.5. The Morgan fingerprint density at radius 3 is 2.46 bits per heavy atom. The number of phenols is 1. The molecule has 0 spiro atoms. The highest BCUT2D eigenvalue weighted by molar-refractivity contribution is 7.93. The number of rotatable bonds is 6. The summed E-state index contributed by atoms with van der Waals surface area (Å²) in [6.45, 7) is 2.53. The third kappa shape index (κ3) is 5.40. The van der Waals surface area contributed by atoms with Gasteiger partial charge in [0.15, 0.2) is 0 Å². The van der Waals surface area contributed by atoms with E-state index in [2.05, 4.69) is 14.6 Å². The number of amides is 1. The minimum absolute atomic E-state index is 0.0485. The molecule has 1 aromatic heterocycles. The maximum atomic E-state index is 13.5. The lowest BCUT2D eigenvalue weighted by Crippen LogP contribution is -2.48. The van der Waals surface area contributed by atoms with Gasteiger partial charge in [0.25, 0.3) is 15.9 Å². The molecule has 190 valence electrons. The minimum Gasteiger partial charge on any atom is -0.508 e. The average molecular weight is 521 g/mol. The van der Waals surface area contributed by atoms with Crippen molar-refractivity contribution in [2.24, 2.45) is 0 Å². The van der Waals surface area contributed by atoms with Gasteiger partial charge in [0.05, 0.1) is 5.52 Å².